The van der Waals surface area contributed by atoms with Gasteiger partial charge >= 0.3 is 0 Å². The molecule has 5 atom stereocenters. The predicted octanol–water partition coefficient (Wildman–Crippen LogP) is 3.12. The van der Waals surface area contributed by atoms with Crippen LogP contribution < -0.4 is 11.1 Å². The molecule has 2 aliphatic rings. The topological polar surface area (TPSA) is 72.2 Å². The maximum Gasteiger partial charge on any atom is 0.234 e. The average Bonchev–Trinajstić information content (AvgIpc) is 2.91. The summed E-state index contributed by atoms with van der Waals surface area (Å²) in [5, 5.41) is 2.89. The first-order valence-electron chi connectivity index (χ1n) is 9.95. The van der Waals surface area contributed by atoms with Gasteiger partial charge in [-0.05, 0) is 74.8 Å². The summed E-state index contributed by atoms with van der Waals surface area (Å²) in [6, 6.07) is 1.01. The third kappa shape index (κ3) is 4.57. The minimum absolute atomic E-state index is 0.00354. The van der Waals surface area contributed by atoms with Gasteiger partial charge in [-0.15, -0.1) is 0 Å². The molecular weight excluding hydrogens is 369 g/mol. The minimum Gasteiger partial charge on any atom is -0.368 e. The number of ketones is 1. The Kier molecular flexibility index (Phi) is 6.43. The summed E-state index contributed by atoms with van der Waals surface area (Å²) in [4.78, 5) is 23.7. The van der Waals surface area contributed by atoms with Crippen molar-refractivity contribution in [3.05, 3.63) is 35.1 Å². The van der Waals surface area contributed by atoms with E-state index in [4.69, 9.17) is 5.73 Å². The molecule has 28 heavy (non-hydrogen) atoms. The lowest BCUT2D eigenvalue weighted by Gasteiger charge is -2.35. The Hall–Kier alpha value is -1.89. The van der Waals surface area contributed by atoms with Crippen molar-refractivity contribution < 1.29 is 22.8 Å². The fourth-order valence-corrected chi connectivity index (χ4v) is 5.00. The van der Waals surface area contributed by atoms with E-state index in [-0.39, 0.29) is 23.8 Å². The van der Waals surface area contributed by atoms with Crippen molar-refractivity contribution in [1.82, 2.24) is 5.32 Å². The zero-order valence-corrected chi connectivity index (χ0v) is 16.0. The SMILES string of the molecule is C[C@@H](NCC(=O)C1[C@@H]2CC[C@H]1CC(CCc1cc(F)c(F)cc1F)C2)C(N)=O. The number of benzene rings is 1. The van der Waals surface area contributed by atoms with Crippen LogP contribution in [0.15, 0.2) is 12.1 Å². The second kappa shape index (κ2) is 8.64. The average molecular weight is 396 g/mol. The number of rotatable bonds is 8. The maximum atomic E-state index is 13.8. The first-order chi connectivity index (χ1) is 13.3. The van der Waals surface area contributed by atoms with Gasteiger partial charge in [0.05, 0.1) is 12.6 Å². The van der Waals surface area contributed by atoms with Crippen LogP contribution in [-0.2, 0) is 16.0 Å². The van der Waals surface area contributed by atoms with Crippen LogP contribution in [0.3, 0.4) is 0 Å². The van der Waals surface area contributed by atoms with E-state index in [0.29, 0.717) is 36.7 Å². The number of amides is 1. The smallest absolute Gasteiger partial charge is 0.234 e. The number of nitrogens with one attached hydrogen (secondary N) is 1. The molecule has 7 heteroatoms. The molecule has 0 aliphatic heterocycles. The lowest BCUT2D eigenvalue weighted by Crippen LogP contribution is -2.44. The van der Waals surface area contributed by atoms with E-state index in [2.05, 4.69) is 5.32 Å². The summed E-state index contributed by atoms with van der Waals surface area (Å²) >= 11 is 0. The molecule has 2 aliphatic carbocycles. The highest BCUT2D eigenvalue weighted by molar-refractivity contribution is 5.85. The highest BCUT2D eigenvalue weighted by Crippen LogP contribution is 2.50. The van der Waals surface area contributed by atoms with E-state index >= 15 is 0 Å². The molecule has 4 nitrogen and oxygen atoms in total. The lowest BCUT2D eigenvalue weighted by molar-refractivity contribution is -0.126. The zero-order chi connectivity index (χ0) is 20.4. The molecule has 1 aromatic rings. The number of primary amides is 1. The van der Waals surface area contributed by atoms with Gasteiger partial charge in [-0.25, -0.2) is 13.2 Å². The molecular formula is C21H27F3N2O2. The fourth-order valence-electron chi connectivity index (χ4n) is 5.00. The summed E-state index contributed by atoms with van der Waals surface area (Å²) in [7, 11) is 0. The van der Waals surface area contributed by atoms with Gasteiger partial charge < -0.3 is 5.73 Å². The van der Waals surface area contributed by atoms with Gasteiger partial charge in [0.2, 0.25) is 5.91 Å². The van der Waals surface area contributed by atoms with Crippen molar-refractivity contribution in [2.75, 3.05) is 6.54 Å². The quantitative estimate of drug-likeness (QED) is 0.663. The number of carbonyl (C=O) groups is 2. The zero-order valence-electron chi connectivity index (χ0n) is 16.0. The Morgan fingerprint density at radius 2 is 1.71 bits per heavy atom. The first-order valence-corrected chi connectivity index (χ1v) is 9.95. The summed E-state index contributed by atoms with van der Waals surface area (Å²) in [6.07, 6.45) is 4.86. The number of hydrogen-bond donors (Lipinski definition) is 2. The van der Waals surface area contributed by atoms with Crippen LogP contribution in [0.25, 0.3) is 0 Å². The molecule has 2 fully saturated rings. The summed E-state index contributed by atoms with van der Waals surface area (Å²) < 4.78 is 40.3. The van der Waals surface area contributed by atoms with Crippen LogP contribution in [-0.4, -0.2) is 24.3 Å². The molecule has 154 valence electrons. The van der Waals surface area contributed by atoms with Gasteiger partial charge in [0.15, 0.2) is 11.6 Å². The maximum absolute atomic E-state index is 13.8. The highest BCUT2D eigenvalue weighted by Gasteiger charge is 2.45. The van der Waals surface area contributed by atoms with Crippen molar-refractivity contribution in [2.45, 2.75) is 51.5 Å². The minimum atomic E-state index is -1.17. The van der Waals surface area contributed by atoms with Crippen LogP contribution in [0.4, 0.5) is 13.2 Å². The fraction of sp³-hybridized carbons (Fsp3) is 0.619. The molecule has 2 saturated carbocycles. The van der Waals surface area contributed by atoms with E-state index in [1.54, 1.807) is 6.92 Å². The number of hydrogen-bond acceptors (Lipinski definition) is 3. The van der Waals surface area contributed by atoms with Crippen LogP contribution in [0.1, 0.15) is 44.6 Å². The standard InChI is InChI=1S/C21H27F3N2O2/c1-11(21(25)28)26-10-19(27)20-14-4-5-15(20)7-12(6-14)2-3-13-8-17(23)18(24)9-16(13)22/h8-9,11-12,14-15,20,26H,2-7,10H2,1H3,(H2,25,28)/t11-,12?,14-,15+,20?/m1/s1. The van der Waals surface area contributed by atoms with Gasteiger partial charge in [0.25, 0.3) is 0 Å². The highest BCUT2D eigenvalue weighted by atomic mass is 19.2. The molecule has 0 radical (unpaired) electrons. The second-order valence-electron chi connectivity index (χ2n) is 8.33. The van der Waals surface area contributed by atoms with Gasteiger partial charge in [0.1, 0.15) is 11.6 Å². The Morgan fingerprint density at radius 1 is 1.11 bits per heavy atom. The van der Waals surface area contributed by atoms with Crippen molar-refractivity contribution in [3.8, 4) is 0 Å². The molecule has 0 spiro atoms. The van der Waals surface area contributed by atoms with Crippen LogP contribution in [0, 0.1) is 41.1 Å². The first kappa shape index (κ1) is 20.8. The van der Waals surface area contributed by atoms with Gasteiger partial charge in [-0.2, -0.15) is 0 Å². The van der Waals surface area contributed by atoms with E-state index in [0.717, 1.165) is 31.7 Å². The number of carbonyl (C=O) groups excluding carboxylic acids is 2. The Labute approximate surface area is 163 Å². The Balaban J connectivity index is 1.54. The molecule has 1 aromatic carbocycles. The summed E-state index contributed by atoms with van der Waals surface area (Å²) in [6.45, 7) is 1.78. The second-order valence-corrected chi connectivity index (χ2v) is 8.33. The summed E-state index contributed by atoms with van der Waals surface area (Å²) in [5.74, 6) is -2.29. The molecule has 2 unspecified atom stereocenters. The van der Waals surface area contributed by atoms with E-state index in [9.17, 15) is 22.8 Å². The van der Waals surface area contributed by atoms with Gasteiger partial charge in [0, 0.05) is 12.0 Å². The monoisotopic (exact) mass is 396 g/mol. The molecule has 1 amide bonds. The number of nitrogens with two attached hydrogens (primary N) is 1. The predicted molar refractivity (Wildman–Crippen MR) is 98.7 cm³/mol. The van der Waals surface area contributed by atoms with Crippen LogP contribution in [0.5, 0.6) is 0 Å². The van der Waals surface area contributed by atoms with Gasteiger partial charge in [-0.3, -0.25) is 14.9 Å². The third-order valence-corrected chi connectivity index (χ3v) is 6.49. The molecule has 0 aromatic heterocycles. The third-order valence-electron chi connectivity index (χ3n) is 6.49. The molecule has 2 bridgehead atoms. The van der Waals surface area contributed by atoms with Crippen molar-refractivity contribution in [1.29, 1.82) is 0 Å². The Morgan fingerprint density at radius 3 is 2.32 bits per heavy atom. The van der Waals surface area contributed by atoms with Crippen molar-refractivity contribution >= 4 is 11.7 Å². The normalized spacial score (nSPS) is 27.6. The molecule has 3 N–H and O–H groups in total. The number of fused-ring (bicyclic) bond motifs is 2. The largest absolute Gasteiger partial charge is 0.368 e. The van der Waals surface area contributed by atoms with Crippen LogP contribution in [0.2, 0.25) is 0 Å². The van der Waals surface area contributed by atoms with E-state index in [1.807, 2.05) is 0 Å². The Bertz CT molecular complexity index is 741. The number of halogens is 3. The summed E-state index contributed by atoms with van der Waals surface area (Å²) in [5.41, 5.74) is 5.41. The van der Waals surface area contributed by atoms with E-state index in [1.165, 1.54) is 0 Å². The van der Waals surface area contributed by atoms with Crippen molar-refractivity contribution in [3.63, 3.8) is 0 Å². The van der Waals surface area contributed by atoms with Gasteiger partial charge in [-0.1, -0.05) is 0 Å². The van der Waals surface area contributed by atoms with E-state index < -0.39 is 29.4 Å². The molecule has 3 rings (SSSR count). The van der Waals surface area contributed by atoms with Crippen molar-refractivity contribution in [2.24, 2.45) is 29.4 Å². The number of Topliss-reactive ketones (excluding diaryl/α,β-unsaturated/α-hetero) is 1. The van der Waals surface area contributed by atoms with Crippen LogP contribution >= 0.6 is 0 Å². The number of aryl methyl sites for hydroxylation is 1. The molecule has 0 saturated heterocycles. The molecule has 0 heterocycles. The lowest BCUT2D eigenvalue weighted by atomic mass is 9.70.